The Labute approximate surface area is 144 Å². The lowest BCUT2D eigenvalue weighted by Crippen LogP contribution is -2.21. The third-order valence-corrected chi connectivity index (χ3v) is 4.01. The highest BCUT2D eigenvalue weighted by Gasteiger charge is 2.04. The topological polar surface area (TPSA) is 82.0 Å². The number of rotatable bonds is 7. The molecule has 0 radical (unpaired) electrons. The highest BCUT2D eigenvalue weighted by Crippen LogP contribution is 2.13. The van der Waals surface area contributed by atoms with Crippen LogP contribution >= 0.6 is 0 Å². The number of hydrogen-bond donors (Lipinski definition) is 2. The quantitative estimate of drug-likeness (QED) is 0.811. The van der Waals surface area contributed by atoms with E-state index in [1.165, 1.54) is 0 Å². The van der Waals surface area contributed by atoms with Gasteiger partial charge in [0.15, 0.2) is 0 Å². The summed E-state index contributed by atoms with van der Waals surface area (Å²) in [5, 5.41) is 14.5. The number of anilines is 2. The zero-order valence-corrected chi connectivity index (χ0v) is 14.2. The molecule has 6 heteroatoms. The Balaban J connectivity index is 1.86. The molecule has 0 saturated carbocycles. The van der Waals surface area contributed by atoms with E-state index in [2.05, 4.69) is 16.7 Å². The number of hydrogen-bond acceptors (Lipinski definition) is 4. The van der Waals surface area contributed by atoms with E-state index < -0.39 is 10.8 Å². The van der Waals surface area contributed by atoms with Gasteiger partial charge < -0.3 is 10.6 Å². The molecule has 0 aromatic heterocycles. The maximum absolute atomic E-state index is 12.0. The molecular weight excluding hydrogens is 322 g/mol. The number of benzene rings is 2. The number of nitrogens with one attached hydrogen (secondary N) is 2. The lowest BCUT2D eigenvalue weighted by molar-refractivity contribution is -0.114. The van der Waals surface area contributed by atoms with Crippen molar-refractivity contribution in [3.8, 4) is 6.07 Å². The van der Waals surface area contributed by atoms with Gasteiger partial charge in [0, 0.05) is 34.2 Å². The SMILES string of the molecule is CS(=O)Cc1cccc(NCC(=O)Nc2ccc(CC#N)cc2)c1. The van der Waals surface area contributed by atoms with Crippen molar-refractivity contribution >= 4 is 28.1 Å². The van der Waals surface area contributed by atoms with Crippen molar-refractivity contribution in [3.63, 3.8) is 0 Å². The summed E-state index contributed by atoms with van der Waals surface area (Å²) in [5.74, 6) is 0.337. The van der Waals surface area contributed by atoms with Crippen molar-refractivity contribution < 1.29 is 9.00 Å². The van der Waals surface area contributed by atoms with Gasteiger partial charge in [-0.05, 0) is 35.4 Å². The lowest BCUT2D eigenvalue weighted by Gasteiger charge is -2.09. The van der Waals surface area contributed by atoms with Gasteiger partial charge in [-0.3, -0.25) is 9.00 Å². The van der Waals surface area contributed by atoms with E-state index in [0.29, 0.717) is 17.9 Å². The average Bonchev–Trinajstić information content (AvgIpc) is 2.55. The first kappa shape index (κ1) is 17.7. The maximum atomic E-state index is 12.0. The molecule has 5 nitrogen and oxygen atoms in total. The number of amides is 1. The van der Waals surface area contributed by atoms with Gasteiger partial charge in [-0.25, -0.2) is 0 Å². The van der Waals surface area contributed by atoms with Gasteiger partial charge in [-0.1, -0.05) is 24.3 Å². The van der Waals surface area contributed by atoms with Gasteiger partial charge in [-0.15, -0.1) is 0 Å². The molecule has 2 rings (SSSR count). The van der Waals surface area contributed by atoms with Gasteiger partial charge in [0.25, 0.3) is 0 Å². The second kappa shape index (κ2) is 8.85. The Kier molecular flexibility index (Phi) is 6.52. The highest BCUT2D eigenvalue weighted by atomic mass is 32.2. The molecule has 0 fully saturated rings. The van der Waals surface area contributed by atoms with Gasteiger partial charge in [0.1, 0.15) is 0 Å². The van der Waals surface area contributed by atoms with Crippen LogP contribution in [-0.4, -0.2) is 22.9 Å². The van der Waals surface area contributed by atoms with Gasteiger partial charge in [0.05, 0.1) is 19.0 Å². The fourth-order valence-electron chi connectivity index (χ4n) is 2.19. The Morgan fingerprint density at radius 1 is 1.12 bits per heavy atom. The summed E-state index contributed by atoms with van der Waals surface area (Å²) in [5.41, 5.74) is 3.39. The zero-order chi connectivity index (χ0) is 17.4. The van der Waals surface area contributed by atoms with E-state index in [1.54, 1.807) is 18.4 Å². The Bertz CT molecular complexity index is 767. The maximum Gasteiger partial charge on any atom is 0.243 e. The summed E-state index contributed by atoms with van der Waals surface area (Å²) in [6, 6.07) is 16.8. The zero-order valence-electron chi connectivity index (χ0n) is 13.4. The third kappa shape index (κ3) is 5.86. The summed E-state index contributed by atoms with van der Waals surface area (Å²) < 4.78 is 11.3. The van der Waals surface area contributed by atoms with Crippen molar-refractivity contribution in [2.24, 2.45) is 0 Å². The molecule has 0 aliphatic carbocycles. The van der Waals surface area contributed by atoms with Crippen molar-refractivity contribution in [1.29, 1.82) is 5.26 Å². The van der Waals surface area contributed by atoms with Crippen molar-refractivity contribution in [2.75, 3.05) is 23.4 Å². The predicted octanol–water partition coefficient (Wildman–Crippen LogP) is 2.68. The van der Waals surface area contributed by atoms with E-state index in [-0.39, 0.29) is 12.5 Å². The second-order valence-corrected chi connectivity index (χ2v) is 6.79. The van der Waals surface area contributed by atoms with Crippen molar-refractivity contribution in [2.45, 2.75) is 12.2 Å². The monoisotopic (exact) mass is 341 g/mol. The van der Waals surface area contributed by atoms with Crippen LogP contribution in [0.1, 0.15) is 11.1 Å². The summed E-state index contributed by atoms with van der Waals surface area (Å²) in [7, 11) is -0.895. The molecule has 2 aromatic carbocycles. The van der Waals surface area contributed by atoms with Crippen LogP contribution < -0.4 is 10.6 Å². The number of nitrogens with zero attached hydrogens (tertiary/aromatic N) is 1. The van der Waals surface area contributed by atoms with Crippen molar-refractivity contribution in [3.05, 3.63) is 59.7 Å². The van der Waals surface area contributed by atoms with E-state index >= 15 is 0 Å². The highest BCUT2D eigenvalue weighted by molar-refractivity contribution is 7.83. The normalized spacial score (nSPS) is 11.3. The summed E-state index contributed by atoms with van der Waals surface area (Å²) in [4.78, 5) is 12.0. The van der Waals surface area contributed by atoms with E-state index in [1.807, 2.05) is 36.4 Å². The second-order valence-electron chi connectivity index (χ2n) is 5.35. The van der Waals surface area contributed by atoms with Crippen LogP contribution in [0, 0.1) is 11.3 Å². The Hall–Kier alpha value is -2.65. The first-order chi connectivity index (χ1) is 11.6. The van der Waals surface area contributed by atoms with Crippen LogP contribution in [0.3, 0.4) is 0 Å². The molecule has 0 bridgehead atoms. The molecule has 124 valence electrons. The van der Waals surface area contributed by atoms with Gasteiger partial charge in [0.2, 0.25) is 5.91 Å². The molecule has 0 aliphatic rings. The predicted molar refractivity (Wildman–Crippen MR) is 97.1 cm³/mol. The lowest BCUT2D eigenvalue weighted by atomic mass is 10.1. The third-order valence-electron chi connectivity index (χ3n) is 3.27. The van der Waals surface area contributed by atoms with Crippen LogP contribution in [0.25, 0.3) is 0 Å². The molecule has 2 N–H and O–H groups in total. The van der Waals surface area contributed by atoms with Gasteiger partial charge >= 0.3 is 0 Å². The minimum Gasteiger partial charge on any atom is -0.376 e. The number of carbonyl (C=O) groups is 1. The first-order valence-electron chi connectivity index (χ1n) is 7.45. The molecule has 0 saturated heterocycles. The smallest absolute Gasteiger partial charge is 0.243 e. The largest absolute Gasteiger partial charge is 0.376 e. The first-order valence-corrected chi connectivity index (χ1v) is 9.18. The standard InChI is InChI=1S/C18H19N3O2S/c1-24(23)13-15-3-2-4-17(11-15)20-12-18(22)21-16-7-5-14(6-8-16)9-10-19/h2-8,11,20H,9,12-13H2,1H3,(H,21,22). The molecule has 0 aliphatic heterocycles. The van der Waals surface area contributed by atoms with Crippen LogP contribution in [0.2, 0.25) is 0 Å². The minimum atomic E-state index is -0.895. The number of nitriles is 1. The Morgan fingerprint density at radius 2 is 1.88 bits per heavy atom. The van der Waals surface area contributed by atoms with E-state index in [0.717, 1.165) is 16.8 Å². The van der Waals surface area contributed by atoms with Crippen LogP contribution in [0.15, 0.2) is 48.5 Å². The van der Waals surface area contributed by atoms with E-state index in [9.17, 15) is 9.00 Å². The van der Waals surface area contributed by atoms with Crippen LogP contribution in [0.4, 0.5) is 11.4 Å². The Morgan fingerprint density at radius 3 is 2.54 bits per heavy atom. The summed E-state index contributed by atoms with van der Waals surface area (Å²) in [6.07, 6.45) is 2.02. The average molecular weight is 341 g/mol. The molecular formula is C18H19N3O2S. The van der Waals surface area contributed by atoms with Crippen LogP contribution in [-0.2, 0) is 27.8 Å². The summed E-state index contributed by atoms with van der Waals surface area (Å²) >= 11 is 0. The minimum absolute atomic E-state index is 0.138. The van der Waals surface area contributed by atoms with E-state index in [4.69, 9.17) is 5.26 Å². The summed E-state index contributed by atoms with van der Waals surface area (Å²) in [6.45, 7) is 0.138. The molecule has 1 unspecified atom stereocenters. The fraction of sp³-hybridized carbons (Fsp3) is 0.222. The molecule has 0 heterocycles. The van der Waals surface area contributed by atoms with Gasteiger partial charge in [-0.2, -0.15) is 5.26 Å². The molecule has 1 atom stereocenters. The molecule has 2 aromatic rings. The fourth-order valence-corrected chi connectivity index (χ4v) is 2.84. The molecule has 24 heavy (non-hydrogen) atoms. The number of carbonyl (C=O) groups excluding carboxylic acids is 1. The van der Waals surface area contributed by atoms with Crippen LogP contribution in [0.5, 0.6) is 0 Å². The molecule has 1 amide bonds. The molecule has 0 spiro atoms. The van der Waals surface area contributed by atoms with Crippen molar-refractivity contribution in [1.82, 2.24) is 0 Å².